The maximum Gasteiger partial charge on any atom is 0.357 e. The van der Waals surface area contributed by atoms with Crippen LogP contribution in [0.2, 0.25) is 0 Å². The summed E-state index contributed by atoms with van der Waals surface area (Å²) in [5.41, 5.74) is 3.57. The van der Waals surface area contributed by atoms with Crippen molar-refractivity contribution in [2.24, 2.45) is 11.3 Å². The molecule has 0 spiro atoms. The molecule has 1 unspecified atom stereocenters. The van der Waals surface area contributed by atoms with Gasteiger partial charge in [-0.1, -0.05) is 76.1 Å². The first-order valence-electron chi connectivity index (χ1n) is 15.0. The third kappa shape index (κ3) is 6.14. The molecule has 4 atom stereocenters. The monoisotopic (exact) mass is 612 g/mol. The summed E-state index contributed by atoms with van der Waals surface area (Å²) in [4.78, 5) is 27.6. The number of rotatable bonds is 9. The van der Waals surface area contributed by atoms with Gasteiger partial charge < -0.3 is 19.7 Å². The minimum absolute atomic E-state index is 0.0443. The molecule has 9 heteroatoms. The molecule has 0 bridgehead atoms. The van der Waals surface area contributed by atoms with E-state index < -0.39 is 18.8 Å². The predicted octanol–water partition coefficient (Wildman–Crippen LogP) is 7.72. The molecule has 1 amide bonds. The summed E-state index contributed by atoms with van der Waals surface area (Å²) in [6, 6.07) is 13.8. The van der Waals surface area contributed by atoms with Crippen LogP contribution in [0, 0.1) is 18.3 Å². The number of hydrogen-bond donors (Lipinski definition) is 2. The number of benzene rings is 2. The van der Waals surface area contributed by atoms with Gasteiger partial charge >= 0.3 is 7.60 Å². The van der Waals surface area contributed by atoms with Crippen LogP contribution in [0.15, 0.2) is 42.5 Å². The lowest BCUT2D eigenvalue weighted by molar-refractivity contribution is -0.136. The van der Waals surface area contributed by atoms with Gasteiger partial charge in [0.1, 0.15) is 0 Å². The fourth-order valence-electron chi connectivity index (χ4n) is 6.91. The fourth-order valence-corrected chi connectivity index (χ4v) is 9.13. The minimum Gasteiger partial charge on any atom is -0.345 e. The van der Waals surface area contributed by atoms with Crippen LogP contribution >= 0.6 is 19.8 Å². The highest BCUT2D eigenvalue weighted by molar-refractivity contribution is 7.80. The maximum atomic E-state index is 14.1. The molecule has 2 aliphatic carbocycles. The van der Waals surface area contributed by atoms with E-state index >= 15 is 0 Å². The van der Waals surface area contributed by atoms with Crippen molar-refractivity contribution in [2.75, 3.05) is 13.2 Å². The van der Waals surface area contributed by atoms with Gasteiger partial charge in [-0.25, -0.2) is 0 Å². The van der Waals surface area contributed by atoms with E-state index in [-0.39, 0.29) is 41.3 Å². The van der Waals surface area contributed by atoms with Crippen LogP contribution < -0.4 is 10.6 Å². The van der Waals surface area contributed by atoms with Gasteiger partial charge in [-0.2, -0.15) is 0 Å². The summed E-state index contributed by atoms with van der Waals surface area (Å²) in [6.07, 6.45) is 2.72. The number of carbonyl (C=O) groups is 2. The van der Waals surface area contributed by atoms with E-state index in [0.717, 1.165) is 35.1 Å². The van der Waals surface area contributed by atoms with Crippen LogP contribution in [0.25, 0.3) is 0 Å². The van der Waals surface area contributed by atoms with Gasteiger partial charge in [0, 0.05) is 12.0 Å². The Morgan fingerprint density at radius 3 is 2.26 bits per heavy atom. The number of hydrogen-bond acceptors (Lipinski definition) is 6. The van der Waals surface area contributed by atoms with E-state index in [1.807, 2.05) is 38.1 Å². The van der Waals surface area contributed by atoms with Crippen LogP contribution in [0.3, 0.4) is 0 Å². The quantitative estimate of drug-likeness (QED) is 0.221. The molecule has 0 saturated heterocycles. The van der Waals surface area contributed by atoms with Crippen molar-refractivity contribution in [1.82, 2.24) is 10.6 Å². The molecule has 7 nitrogen and oxygen atoms in total. The Morgan fingerprint density at radius 2 is 1.67 bits per heavy atom. The lowest BCUT2D eigenvalue weighted by Gasteiger charge is -2.54. The highest BCUT2D eigenvalue weighted by Gasteiger charge is 2.57. The van der Waals surface area contributed by atoms with Gasteiger partial charge in [0.2, 0.25) is 5.91 Å². The molecule has 0 radical (unpaired) electrons. The largest absolute Gasteiger partial charge is 0.357 e. The van der Waals surface area contributed by atoms with Crippen LogP contribution in [-0.2, 0) is 23.8 Å². The summed E-state index contributed by atoms with van der Waals surface area (Å²) in [6.45, 7) is 14.3. The first kappa shape index (κ1) is 32.5. The van der Waals surface area contributed by atoms with E-state index in [4.69, 9.17) is 21.3 Å². The van der Waals surface area contributed by atoms with Crippen molar-refractivity contribution >= 4 is 36.6 Å². The number of nitrogens with one attached hydrogen (secondary N) is 2. The minimum atomic E-state index is -3.70. The van der Waals surface area contributed by atoms with Crippen molar-refractivity contribution in [1.29, 1.82) is 0 Å². The first-order valence-corrected chi connectivity index (χ1v) is 17.1. The normalized spacial score (nSPS) is 24.5. The highest BCUT2D eigenvalue weighted by atomic mass is 32.1. The SMILES string of the molecule is CCOP(=O)(OCC)C(NC(=S)NC(=O)[C@]1(C)CCC[C@]2(C)c3ccc(C(C)C)cc3C(=O)C[C@@H]12)c1ccc(C)cc1. The van der Waals surface area contributed by atoms with Gasteiger partial charge in [-0.3, -0.25) is 14.2 Å². The van der Waals surface area contributed by atoms with Crippen LogP contribution in [0.4, 0.5) is 0 Å². The molecule has 2 aliphatic rings. The number of ketones is 1. The van der Waals surface area contributed by atoms with Crippen LogP contribution in [-0.4, -0.2) is 30.0 Å². The lowest BCUT2D eigenvalue weighted by atomic mass is 9.49. The van der Waals surface area contributed by atoms with Crippen LogP contribution in [0.5, 0.6) is 0 Å². The molecule has 0 heterocycles. The van der Waals surface area contributed by atoms with Crippen molar-refractivity contribution in [3.63, 3.8) is 0 Å². The Bertz CT molecular complexity index is 1380. The molecule has 2 N–H and O–H groups in total. The zero-order valence-corrected chi connectivity index (χ0v) is 27.6. The second-order valence-electron chi connectivity index (χ2n) is 12.4. The van der Waals surface area contributed by atoms with E-state index in [9.17, 15) is 14.2 Å². The van der Waals surface area contributed by atoms with E-state index in [1.54, 1.807) is 13.8 Å². The number of carbonyl (C=O) groups excluding carboxylic acids is 2. The third-order valence-corrected chi connectivity index (χ3v) is 11.8. The van der Waals surface area contributed by atoms with Gasteiger partial charge in [-0.05, 0) is 85.8 Å². The zero-order valence-electron chi connectivity index (χ0n) is 25.9. The van der Waals surface area contributed by atoms with Gasteiger partial charge in [-0.15, -0.1) is 0 Å². The maximum absolute atomic E-state index is 14.1. The number of thiocarbonyl (C=S) groups is 1. The summed E-state index contributed by atoms with van der Waals surface area (Å²) < 4.78 is 25.3. The lowest BCUT2D eigenvalue weighted by Crippen LogP contribution is -2.57. The smallest absolute Gasteiger partial charge is 0.345 e. The molecule has 4 rings (SSSR count). The molecule has 1 saturated carbocycles. The van der Waals surface area contributed by atoms with Crippen molar-refractivity contribution in [2.45, 2.75) is 91.3 Å². The number of Topliss-reactive ketones (excluding diaryl/α,β-unsaturated/α-hetero) is 1. The summed E-state index contributed by atoms with van der Waals surface area (Å²) in [5, 5.41) is 6.05. The first-order chi connectivity index (χ1) is 19.8. The van der Waals surface area contributed by atoms with Gasteiger partial charge in [0.05, 0.1) is 18.6 Å². The molecule has 2 aromatic rings. The zero-order chi connectivity index (χ0) is 30.9. The fraction of sp³-hybridized carbons (Fsp3) is 0.545. The molecule has 228 valence electrons. The summed E-state index contributed by atoms with van der Waals surface area (Å²) in [5.74, 6) is -0.915. The summed E-state index contributed by atoms with van der Waals surface area (Å²) >= 11 is 5.65. The van der Waals surface area contributed by atoms with Crippen LogP contribution in [0.1, 0.15) is 112 Å². The Morgan fingerprint density at radius 1 is 1.05 bits per heavy atom. The van der Waals surface area contributed by atoms with E-state index in [2.05, 4.69) is 49.6 Å². The molecular weight excluding hydrogens is 567 g/mol. The van der Waals surface area contributed by atoms with Gasteiger partial charge in [0.25, 0.3) is 0 Å². The number of amides is 1. The Kier molecular flexibility index (Phi) is 9.83. The molecule has 2 aromatic carbocycles. The predicted molar refractivity (Wildman–Crippen MR) is 171 cm³/mol. The standard InChI is InChI=1S/C33H45N2O5PS/c1-8-39-41(38,40-9-2)29(23-13-11-22(5)12-14-23)34-31(42)35-30(37)33(7)18-10-17-32(6)26-16-15-24(21(3)4)19-25(26)27(36)20-28(32)33/h11-16,19,21,28-29H,8-10,17-18,20H2,1-7H3,(H2,34,35,37,42)/t28-,29?,32-,33-/m1/s1. The molecule has 0 aliphatic heterocycles. The second kappa shape index (κ2) is 12.7. The van der Waals surface area contributed by atoms with E-state index in [1.165, 1.54) is 0 Å². The number of aryl methyl sites for hydroxylation is 1. The average molecular weight is 613 g/mol. The number of fused-ring (bicyclic) bond motifs is 3. The van der Waals surface area contributed by atoms with E-state index in [0.29, 0.717) is 24.3 Å². The van der Waals surface area contributed by atoms with Gasteiger partial charge in [0.15, 0.2) is 16.7 Å². The highest BCUT2D eigenvalue weighted by Crippen LogP contribution is 2.60. The molecular formula is C33H45N2O5PS. The summed E-state index contributed by atoms with van der Waals surface area (Å²) in [7, 11) is -3.70. The average Bonchev–Trinajstić information content (AvgIpc) is 2.93. The topological polar surface area (TPSA) is 93.7 Å². The van der Waals surface area contributed by atoms with Crippen molar-refractivity contribution in [3.05, 3.63) is 70.3 Å². The molecule has 1 fully saturated rings. The second-order valence-corrected chi connectivity index (χ2v) is 15.0. The Hall–Kier alpha value is -2.38. The Balaban J connectivity index is 1.61. The third-order valence-electron chi connectivity index (χ3n) is 9.29. The molecule has 42 heavy (non-hydrogen) atoms. The Labute approximate surface area is 256 Å². The molecule has 0 aromatic heterocycles. The van der Waals surface area contributed by atoms with Crippen molar-refractivity contribution in [3.8, 4) is 0 Å². The van der Waals surface area contributed by atoms with Crippen molar-refractivity contribution < 1.29 is 23.2 Å².